The molecule has 12 heavy (non-hydrogen) atoms. The quantitative estimate of drug-likeness (QED) is 0.711. The Kier molecular flexibility index (Phi) is 2.65. The molecule has 0 heterocycles. The van der Waals surface area contributed by atoms with Crippen molar-refractivity contribution >= 4 is 17.3 Å². The zero-order chi connectivity index (χ0) is 9.14. The smallest absolute Gasteiger partial charge is 0.145 e. The molecule has 0 bridgehead atoms. The molecular weight excluding hydrogens is 178 g/mol. The van der Waals surface area contributed by atoms with E-state index in [0.717, 1.165) is 0 Å². The molecule has 0 atom stereocenters. The maximum Gasteiger partial charge on any atom is 0.145 e. The van der Waals surface area contributed by atoms with Crippen LogP contribution in [0.2, 0.25) is 5.02 Å². The van der Waals surface area contributed by atoms with Crippen molar-refractivity contribution in [3.63, 3.8) is 0 Å². The van der Waals surface area contributed by atoms with Crippen LogP contribution in [0.25, 0.3) is 0 Å². The molecule has 0 spiro atoms. The van der Waals surface area contributed by atoms with Crippen LogP contribution in [0.15, 0.2) is 12.1 Å². The first-order valence-electron chi connectivity index (χ1n) is 3.32. The predicted molar refractivity (Wildman–Crippen MR) is 47.3 cm³/mol. The van der Waals surface area contributed by atoms with E-state index in [1.54, 1.807) is 6.07 Å². The largest absolute Gasteiger partial charge is 0.495 e. The average molecular weight is 187 g/mol. The fourth-order valence-electron chi connectivity index (χ4n) is 0.860. The monoisotopic (exact) mass is 186 g/mol. The Labute approximate surface area is 76.0 Å². The molecule has 3 nitrogen and oxygen atoms in total. The summed E-state index contributed by atoms with van der Waals surface area (Å²) >= 11 is 5.79. The number of ether oxygens (including phenoxy) is 2. The molecule has 1 aromatic carbocycles. The maximum absolute atomic E-state index is 7.45. The lowest BCUT2D eigenvalue weighted by Crippen LogP contribution is -1.89. The van der Waals surface area contributed by atoms with E-state index in [-0.39, 0.29) is 5.69 Å². The van der Waals surface area contributed by atoms with E-state index < -0.39 is 0 Å². The van der Waals surface area contributed by atoms with Gasteiger partial charge in [-0.2, -0.15) is 0 Å². The first kappa shape index (κ1) is 9.00. The third-order valence-electron chi connectivity index (χ3n) is 1.47. The molecule has 0 unspecified atom stereocenters. The molecule has 1 rings (SSSR count). The summed E-state index contributed by atoms with van der Waals surface area (Å²) < 4.78 is 9.82. The van der Waals surface area contributed by atoms with Crippen LogP contribution in [0.1, 0.15) is 0 Å². The Hall–Kier alpha value is -1.09. The molecule has 1 N–H and O–H groups in total. The van der Waals surface area contributed by atoms with Crippen molar-refractivity contribution in [2.24, 2.45) is 0 Å². The second-order valence-electron chi connectivity index (χ2n) is 2.19. The Morgan fingerprint density at radius 1 is 1.17 bits per heavy atom. The van der Waals surface area contributed by atoms with Gasteiger partial charge in [-0.15, -0.1) is 0 Å². The van der Waals surface area contributed by atoms with Gasteiger partial charge in [0.2, 0.25) is 0 Å². The molecule has 0 amide bonds. The van der Waals surface area contributed by atoms with Crippen LogP contribution >= 0.6 is 11.6 Å². The summed E-state index contributed by atoms with van der Waals surface area (Å²) in [5.74, 6) is 0.934. The van der Waals surface area contributed by atoms with Crippen molar-refractivity contribution in [1.29, 1.82) is 0 Å². The van der Waals surface area contributed by atoms with E-state index in [2.05, 4.69) is 0 Å². The standard InChI is InChI=1S/C8H9ClNO2/c1-11-7-4-6(10)8(12-2)3-5(7)9/h3-4,10H,1-2H3. The summed E-state index contributed by atoms with van der Waals surface area (Å²) in [7, 11) is 3.00. The van der Waals surface area contributed by atoms with Gasteiger partial charge in [-0.05, 0) is 0 Å². The van der Waals surface area contributed by atoms with Gasteiger partial charge >= 0.3 is 0 Å². The SMILES string of the molecule is COc1cc(Cl)c(OC)cc1[NH]. The minimum absolute atomic E-state index is 0.263. The van der Waals surface area contributed by atoms with Gasteiger partial charge in [0.05, 0.1) is 24.9 Å². The highest BCUT2D eigenvalue weighted by Crippen LogP contribution is 2.34. The molecule has 1 radical (unpaired) electrons. The first-order valence-corrected chi connectivity index (χ1v) is 3.70. The van der Waals surface area contributed by atoms with E-state index in [1.807, 2.05) is 0 Å². The predicted octanol–water partition coefficient (Wildman–Crippen LogP) is 2.27. The van der Waals surface area contributed by atoms with Crippen LogP contribution in [0.4, 0.5) is 5.69 Å². The zero-order valence-corrected chi connectivity index (χ0v) is 7.61. The molecule has 0 saturated carbocycles. The number of halogens is 1. The van der Waals surface area contributed by atoms with Crippen LogP contribution < -0.4 is 15.2 Å². The number of rotatable bonds is 2. The Morgan fingerprint density at radius 2 is 1.75 bits per heavy atom. The van der Waals surface area contributed by atoms with Crippen molar-refractivity contribution in [2.75, 3.05) is 14.2 Å². The average Bonchev–Trinajstić information content (AvgIpc) is 2.08. The molecule has 0 aliphatic carbocycles. The third kappa shape index (κ3) is 1.56. The van der Waals surface area contributed by atoms with Gasteiger partial charge in [0, 0.05) is 12.1 Å². The van der Waals surface area contributed by atoms with Crippen LogP contribution in [-0.2, 0) is 0 Å². The minimum atomic E-state index is 0.263. The maximum atomic E-state index is 7.45. The fourth-order valence-corrected chi connectivity index (χ4v) is 1.09. The topological polar surface area (TPSA) is 42.3 Å². The zero-order valence-electron chi connectivity index (χ0n) is 6.85. The van der Waals surface area contributed by atoms with Crippen molar-refractivity contribution in [2.45, 2.75) is 0 Å². The van der Waals surface area contributed by atoms with E-state index in [1.165, 1.54) is 20.3 Å². The van der Waals surface area contributed by atoms with Crippen molar-refractivity contribution in [1.82, 2.24) is 5.73 Å². The van der Waals surface area contributed by atoms with Gasteiger partial charge < -0.3 is 9.47 Å². The highest BCUT2D eigenvalue weighted by atomic mass is 35.5. The molecular formula is C8H9ClNO2. The van der Waals surface area contributed by atoms with Gasteiger partial charge in [0.25, 0.3) is 0 Å². The number of methoxy groups -OCH3 is 2. The molecule has 0 saturated heterocycles. The lowest BCUT2D eigenvalue weighted by atomic mass is 10.3. The summed E-state index contributed by atoms with van der Waals surface area (Å²) in [6.07, 6.45) is 0. The van der Waals surface area contributed by atoms with Gasteiger partial charge in [-0.3, -0.25) is 5.73 Å². The summed E-state index contributed by atoms with van der Waals surface area (Å²) in [6, 6.07) is 3.07. The Morgan fingerprint density at radius 3 is 2.25 bits per heavy atom. The molecule has 65 valence electrons. The number of hydrogen-bond acceptors (Lipinski definition) is 2. The molecule has 0 aliphatic heterocycles. The Balaban J connectivity index is 3.16. The third-order valence-corrected chi connectivity index (χ3v) is 1.77. The normalized spacial score (nSPS) is 9.58. The molecule has 0 fully saturated rings. The lowest BCUT2D eigenvalue weighted by Gasteiger charge is -2.07. The highest BCUT2D eigenvalue weighted by Gasteiger charge is 2.06. The second-order valence-corrected chi connectivity index (χ2v) is 2.59. The number of benzene rings is 1. The van der Waals surface area contributed by atoms with Crippen LogP contribution in [0.5, 0.6) is 11.5 Å². The highest BCUT2D eigenvalue weighted by molar-refractivity contribution is 6.32. The van der Waals surface area contributed by atoms with Gasteiger partial charge in [-0.1, -0.05) is 11.6 Å². The lowest BCUT2D eigenvalue weighted by molar-refractivity contribution is 0.404. The van der Waals surface area contributed by atoms with E-state index in [0.29, 0.717) is 16.5 Å². The van der Waals surface area contributed by atoms with E-state index in [9.17, 15) is 0 Å². The second kappa shape index (κ2) is 3.54. The van der Waals surface area contributed by atoms with Crippen molar-refractivity contribution in [3.8, 4) is 11.5 Å². The van der Waals surface area contributed by atoms with Gasteiger partial charge in [0.1, 0.15) is 11.5 Å². The summed E-state index contributed by atoms with van der Waals surface area (Å²) in [6.45, 7) is 0. The van der Waals surface area contributed by atoms with Crippen molar-refractivity contribution < 1.29 is 9.47 Å². The first-order chi connectivity index (χ1) is 5.69. The number of nitrogens with one attached hydrogen (secondary N) is 1. The molecule has 1 aromatic rings. The summed E-state index contributed by atoms with van der Waals surface area (Å²) in [5.41, 5.74) is 7.71. The van der Waals surface area contributed by atoms with Crippen LogP contribution in [-0.4, -0.2) is 14.2 Å². The molecule has 4 heteroatoms. The van der Waals surface area contributed by atoms with Gasteiger partial charge in [-0.25, -0.2) is 0 Å². The van der Waals surface area contributed by atoms with Crippen molar-refractivity contribution in [3.05, 3.63) is 17.2 Å². The minimum Gasteiger partial charge on any atom is -0.495 e. The summed E-state index contributed by atoms with van der Waals surface area (Å²) in [5, 5.41) is 0.449. The summed E-state index contributed by atoms with van der Waals surface area (Å²) in [4.78, 5) is 0. The van der Waals surface area contributed by atoms with E-state index >= 15 is 0 Å². The van der Waals surface area contributed by atoms with E-state index in [4.69, 9.17) is 26.8 Å². The fraction of sp³-hybridized carbons (Fsp3) is 0.250. The molecule has 0 aromatic heterocycles. The van der Waals surface area contributed by atoms with Gasteiger partial charge in [0.15, 0.2) is 0 Å². The van der Waals surface area contributed by atoms with Crippen LogP contribution in [0, 0.1) is 0 Å². The number of hydrogen-bond donors (Lipinski definition) is 0. The Bertz CT molecular complexity index is 259. The molecule has 0 aliphatic rings. The van der Waals surface area contributed by atoms with Crippen LogP contribution in [0.3, 0.4) is 0 Å².